The predicted molar refractivity (Wildman–Crippen MR) is 80.9 cm³/mol. The van der Waals surface area contributed by atoms with Crippen molar-refractivity contribution < 1.29 is 9.59 Å². The number of carbonyl (C=O) groups excluding carboxylic acids is 2. The summed E-state index contributed by atoms with van der Waals surface area (Å²) in [6, 6.07) is -0.528. The summed E-state index contributed by atoms with van der Waals surface area (Å²) in [5, 5.41) is 6.06. The summed E-state index contributed by atoms with van der Waals surface area (Å²) in [6.45, 7) is 4.35. The molecule has 2 amide bonds. The van der Waals surface area contributed by atoms with Crippen LogP contribution in [-0.4, -0.2) is 48.4 Å². The van der Waals surface area contributed by atoms with E-state index in [0.717, 1.165) is 51.7 Å². The molecular formula is C14H26ClN3O2. The number of likely N-dealkylation sites (tertiary alicyclic amines) is 1. The first-order valence-corrected chi connectivity index (χ1v) is 7.51. The lowest BCUT2D eigenvalue weighted by molar-refractivity contribution is -0.137. The van der Waals surface area contributed by atoms with Crippen molar-refractivity contribution in [3.63, 3.8) is 0 Å². The first kappa shape index (κ1) is 17.2. The van der Waals surface area contributed by atoms with Gasteiger partial charge in [-0.05, 0) is 45.6 Å². The lowest BCUT2D eigenvalue weighted by Gasteiger charge is -2.30. The smallest absolute Gasteiger partial charge is 0.244 e. The fraction of sp³-hybridized carbons (Fsp3) is 0.857. The van der Waals surface area contributed by atoms with E-state index >= 15 is 0 Å². The molecule has 0 aliphatic carbocycles. The van der Waals surface area contributed by atoms with Crippen LogP contribution in [0.5, 0.6) is 0 Å². The Morgan fingerprint density at radius 1 is 1.15 bits per heavy atom. The van der Waals surface area contributed by atoms with Gasteiger partial charge >= 0.3 is 0 Å². The number of nitrogens with zero attached hydrogens (tertiary/aromatic N) is 1. The Morgan fingerprint density at radius 2 is 1.85 bits per heavy atom. The summed E-state index contributed by atoms with van der Waals surface area (Å²) in [7, 11) is 0. The van der Waals surface area contributed by atoms with E-state index < -0.39 is 6.04 Å². The normalized spacial score (nSPS) is 24.4. The molecule has 0 aromatic carbocycles. The molecule has 0 radical (unpaired) electrons. The Labute approximate surface area is 127 Å². The van der Waals surface area contributed by atoms with Crippen molar-refractivity contribution in [3.05, 3.63) is 0 Å². The third-order valence-corrected chi connectivity index (χ3v) is 4.02. The van der Waals surface area contributed by atoms with E-state index in [-0.39, 0.29) is 30.3 Å². The standard InChI is InChI=1S/C14H25N3O2.ClH/c1-11(14(19)17-9-5-2-6-10-17)16-13(18)12-7-3-4-8-15-12;/h11-12,15H,2-10H2,1H3,(H,16,18);1H/t11?,12-;/m0./s1. The number of halogens is 1. The lowest BCUT2D eigenvalue weighted by atomic mass is 10.0. The molecule has 0 saturated carbocycles. The Bertz CT molecular complexity index is 326. The summed E-state index contributed by atoms with van der Waals surface area (Å²) < 4.78 is 0. The van der Waals surface area contributed by atoms with Crippen LogP contribution >= 0.6 is 12.4 Å². The number of nitrogens with one attached hydrogen (secondary N) is 2. The summed E-state index contributed by atoms with van der Waals surface area (Å²) in [6.07, 6.45) is 6.45. The molecule has 2 fully saturated rings. The minimum atomic E-state index is -0.408. The molecule has 2 rings (SSSR count). The first-order valence-electron chi connectivity index (χ1n) is 7.51. The van der Waals surface area contributed by atoms with Gasteiger partial charge in [-0.3, -0.25) is 9.59 Å². The summed E-state index contributed by atoms with van der Waals surface area (Å²) >= 11 is 0. The van der Waals surface area contributed by atoms with Gasteiger partial charge in [-0.25, -0.2) is 0 Å². The van der Waals surface area contributed by atoms with Crippen LogP contribution in [0, 0.1) is 0 Å². The highest BCUT2D eigenvalue weighted by Gasteiger charge is 2.26. The maximum absolute atomic E-state index is 12.2. The highest BCUT2D eigenvalue weighted by atomic mass is 35.5. The zero-order valence-corrected chi connectivity index (χ0v) is 13.0. The minimum Gasteiger partial charge on any atom is -0.343 e. The van der Waals surface area contributed by atoms with E-state index in [1.165, 1.54) is 6.42 Å². The largest absolute Gasteiger partial charge is 0.343 e. The fourth-order valence-corrected chi connectivity index (χ4v) is 2.84. The molecule has 1 unspecified atom stereocenters. The molecule has 5 nitrogen and oxygen atoms in total. The van der Waals surface area contributed by atoms with Crippen LogP contribution in [0.25, 0.3) is 0 Å². The van der Waals surface area contributed by atoms with Crippen molar-refractivity contribution >= 4 is 24.2 Å². The van der Waals surface area contributed by atoms with E-state index in [2.05, 4.69) is 10.6 Å². The van der Waals surface area contributed by atoms with E-state index in [0.29, 0.717) is 0 Å². The van der Waals surface area contributed by atoms with Crippen molar-refractivity contribution in [3.8, 4) is 0 Å². The number of hydrogen-bond donors (Lipinski definition) is 2. The summed E-state index contributed by atoms with van der Waals surface area (Å²) in [5.74, 6) is 0.0291. The quantitative estimate of drug-likeness (QED) is 0.820. The molecule has 0 aromatic rings. The summed E-state index contributed by atoms with van der Waals surface area (Å²) in [4.78, 5) is 26.1. The van der Waals surface area contributed by atoms with Crippen molar-refractivity contribution in [2.75, 3.05) is 19.6 Å². The maximum Gasteiger partial charge on any atom is 0.244 e. The molecule has 2 aliphatic heterocycles. The maximum atomic E-state index is 12.2. The van der Waals surface area contributed by atoms with Gasteiger partial charge in [0.05, 0.1) is 6.04 Å². The van der Waals surface area contributed by atoms with E-state index in [4.69, 9.17) is 0 Å². The number of hydrogen-bond acceptors (Lipinski definition) is 3. The van der Waals surface area contributed by atoms with Gasteiger partial charge in [0.15, 0.2) is 0 Å². The molecule has 0 spiro atoms. The molecule has 116 valence electrons. The Balaban J connectivity index is 0.00000200. The van der Waals surface area contributed by atoms with Gasteiger partial charge < -0.3 is 15.5 Å². The van der Waals surface area contributed by atoms with Gasteiger partial charge in [-0.2, -0.15) is 0 Å². The number of carbonyl (C=O) groups is 2. The summed E-state index contributed by atoms with van der Waals surface area (Å²) in [5.41, 5.74) is 0. The zero-order chi connectivity index (χ0) is 13.7. The molecule has 2 saturated heterocycles. The van der Waals surface area contributed by atoms with Gasteiger partial charge in [0.1, 0.15) is 6.04 Å². The molecule has 6 heteroatoms. The number of amides is 2. The first-order chi connectivity index (χ1) is 9.18. The molecule has 2 atom stereocenters. The third-order valence-electron chi connectivity index (χ3n) is 4.02. The zero-order valence-electron chi connectivity index (χ0n) is 12.2. The van der Waals surface area contributed by atoms with Gasteiger partial charge in [0.2, 0.25) is 11.8 Å². The van der Waals surface area contributed by atoms with Crippen LogP contribution in [0.15, 0.2) is 0 Å². The third kappa shape index (κ3) is 4.63. The van der Waals surface area contributed by atoms with E-state index in [1.807, 2.05) is 4.90 Å². The lowest BCUT2D eigenvalue weighted by Crippen LogP contribution is -2.54. The average molecular weight is 304 g/mol. The number of piperidine rings is 2. The molecule has 0 bridgehead atoms. The van der Waals surface area contributed by atoms with E-state index in [9.17, 15) is 9.59 Å². The van der Waals surface area contributed by atoms with Crippen LogP contribution in [0.3, 0.4) is 0 Å². The number of rotatable bonds is 3. The fourth-order valence-electron chi connectivity index (χ4n) is 2.84. The topological polar surface area (TPSA) is 61.4 Å². The van der Waals surface area contributed by atoms with Crippen LogP contribution < -0.4 is 10.6 Å². The van der Waals surface area contributed by atoms with Crippen molar-refractivity contribution in [1.29, 1.82) is 0 Å². The van der Waals surface area contributed by atoms with Crippen LogP contribution in [-0.2, 0) is 9.59 Å². The molecule has 2 aliphatic rings. The predicted octanol–water partition coefficient (Wildman–Crippen LogP) is 1.07. The van der Waals surface area contributed by atoms with Crippen LogP contribution in [0.1, 0.15) is 45.4 Å². The van der Waals surface area contributed by atoms with Crippen LogP contribution in [0.2, 0.25) is 0 Å². The van der Waals surface area contributed by atoms with Crippen molar-refractivity contribution in [2.24, 2.45) is 0 Å². The minimum absolute atomic E-state index is 0. The molecule has 2 heterocycles. The van der Waals surface area contributed by atoms with Gasteiger partial charge in [-0.15, -0.1) is 12.4 Å². The van der Waals surface area contributed by atoms with Gasteiger partial charge in [-0.1, -0.05) is 6.42 Å². The second kappa shape index (κ2) is 8.47. The second-order valence-corrected chi connectivity index (χ2v) is 5.62. The SMILES string of the molecule is CC(NC(=O)[C@@H]1CCCCN1)C(=O)N1CCCCC1.Cl. The highest BCUT2D eigenvalue weighted by molar-refractivity contribution is 5.89. The van der Waals surface area contributed by atoms with Crippen molar-refractivity contribution in [1.82, 2.24) is 15.5 Å². The average Bonchev–Trinajstić information content (AvgIpc) is 2.48. The van der Waals surface area contributed by atoms with Crippen molar-refractivity contribution in [2.45, 2.75) is 57.5 Å². The highest BCUT2D eigenvalue weighted by Crippen LogP contribution is 2.11. The second-order valence-electron chi connectivity index (χ2n) is 5.62. The molecular weight excluding hydrogens is 278 g/mol. The Hall–Kier alpha value is -0.810. The van der Waals surface area contributed by atoms with E-state index in [1.54, 1.807) is 6.92 Å². The molecule has 0 aromatic heterocycles. The van der Waals surface area contributed by atoms with Gasteiger partial charge in [0, 0.05) is 13.1 Å². The Morgan fingerprint density at radius 3 is 2.45 bits per heavy atom. The van der Waals surface area contributed by atoms with Gasteiger partial charge in [0.25, 0.3) is 0 Å². The van der Waals surface area contributed by atoms with Crippen LogP contribution in [0.4, 0.5) is 0 Å². The molecule has 20 heavy (non-hydrogen) atoms. The Kier molecular flexibility index (Phi) is 7.30. The monoisotopic (exact) mass is 303 g/mol. The molecule has 2 N–H and O–H groups in total.